The van der Waals surface area contributed by atoms with Crippen molar-refractivity contribution in [2.75, 3.05) is 0 Å². The quantitative estimate of drug-likeness (QED) is 0.702. The van der Waals surface area contributed by atoms with Gasteiger partial charge in [-0.25, -0.2) is 0 Å². The molecule has 0 spiro atoms. The Bertz CT molecular complexity index is 452. The zero-order valence-electron chi connectivity index (χ0n) is 9.97. The highest BCUT2D eigenvalue weighted by Crippen LogP contribution is 2.26. The van der Waals surface area contributed by atoms with E-state index in [1.165, 1.54) is 11.1 Å². The van der Waals surface area contributed by atoms with Crippen molar-refractivity contribution in [1.29, 1.82) is 5.26 Å². The fourth-order valence-electron chi connectivity index (χ4n) is 1.52. The molecule has 0 atom stereocenters. The van der Waals surface area contributed by atoms with E-state index in [0.717, 1.165) is 18.4 Å². The maximum atomic E-state index is 9.02. The average molecular weight is 234 g/mol. The Morgan fingerprint density at radius 2 is 2.00 bits per heavy atom. The van der Waals surface area contributed by atoms with E-state index in [1.807, 2.05) is 25.1 Å². The Morgan fingerprint density at radius 1 is 1.31 bits per heavy atom. The number of halogens is 1. The van der Waals surface area contributed by atoms with Crippen molar-refractivity contribution in [3.63, 3.8) is 0 Å². The maximum absolute atomic E-state index is 9.02. The minimum Gasteiger partial charge on any atom is -0.193 e. The SMILES string of the molecule is CCCC(C#N)=C(Cl)c1ccc(C)c(C)c1. The Morgan fingerprint density at radius 3 is 2.50 bits per heavy atom. The smallest absolute Gasteiger partial charge is 0.0962 e. The van der Waals surface area contributed by atoms with E-state index >= 15 is 0 Å². The van der Waals surface area contributed by atoms with Gasteiger partial charge in [-0.15, -0.1) is 0 Å². The van der Waals surface area contributed by atoms with Crippen LogP contribution in [-0.2, 0) is 0 Å². The monoisotopic (exact) mass is 233 g/mol. The van der Waals surface area contributed by atoms with Crippen LogP contribution in [0.5, 0.6) is 0 Å². The molecule has 0 heterocycles. The van der Waals surface area contributed by atoms with Gasteiger partial charge in [-0.3, -0.25) is 0 Å². The van der Waals surface area contributed by atoms with Crippen molar-refractivity contribution in [3.8, 4) is 6.07 Å². The number of rotatable bonds is 3. The first-order valence-corrected chi connectivity index (χ1v) is 5.84. The van der Waals surface area contributed by atoms with Gasteiger partial charge in [-0.2, -0.15) is 5.26 Å². The number of allylic oxidation sites excluding steroid dienone is 1. The fraction of sp³-hybridized carbons (Fsp3) is 0.357. The molecular formula is C14H16ClN. The highest BCUT2D eigenvalue weighted by molar-refractivity contribution is 6.49. The largest absolute Gasteiger partial charge is 0.193 e. The molecule has 0 unspecified atom stereocenters. The zero-order chi connectivity index (χ0) is 12.1. The van der Waals surface area contributed by atoms with Crippen molar-refractivity contribution in [2.24, 2.45) is 0 Å². The molecule has 0 aromatic heterocycles. The van der Waals surface area contributed by atoms with E-state index in [-0.39, 0.29) is 0 Å². The van der Waals surface area contributed by atoms with Gasteiger partial charge in [0, 0.05) is 5.57 Å². The second-order valence-corrected chi connectivity index (χ2v) is 4.33. The summed E-state index contributed by atoms with van der Waals surface area (Å²) in [6, 6.07) is 8.22. The molecule has 1 nitrogen and oxygen atoms in total. The van der Waals surface area contributed by atoms with Crippen LogP contribution in [0.4, 0.5) is 0 Å². The van der Waals surface area contributed by atoms with Crippen LogP contribution in [0.2, 0.25) is 0 Å². The molecule has 0 bridgehead atoms. The third-order valence-electron chi connectivity index (χ3n) is 2.66. The summed E-state index contributed by atoms with van der Waals surface area (Å²) in [7, 11) is 0. The Kier molecular flexibility index (Phi) is 4.58. The van der Waals surface area contributed by atoms with Gasteiger partial charge in [0.05, 0.1) is 11.1 Å². The predicted molar refractivity (Wildman–Crippen MR) is 69.2 cm³/mol. The molecule has 0 saturated carbocycles. The number of benzene rings is 1. The summed E-state index contributed by atoms with van der Waals surface area (Å²) >= 11 is 6.23. The summed E-state index contributed by atoms with van der Waals surface area (Å²) in [6.07, 6.45) is 1.67. The van der Waals surface area contributed by atoms with Crippen molar-refractivity contribution < 1.29 is 0 Å². The molecule has 1 rings (SSSR count). The molecule has 0 amide bonds. The molecule has 0 aliphatic carbocycles. The molecular weight excluding hydrogens is 218 g/mol. The number of nitrogens with zero attached hydrogens (tertiary/aromatic N) is 1. The lowest BCUT2D eigenvalue weighted by atomic mass is 10.0. The highest BCUT2D eigenvalue weighted by Gasteiger charge is 2.06. The first-order valence-electron chi connectivity index (χ1n) is 5.46. The summed E-state index contributed by atoms with van der Waals surface area (Å²) in [4.78, 5) is 0. The number of hydrogen-bond donors (Lipinski definition) is 0. The van der Waals surface area contributed by atoms with Gasteiger partial charge < -0.3 is 0 Å². The third kappa shape index (κ3) is 2.87. The summed E-state index contributed by atoms with van der Waals surface area (Å²) in [5, 5.41) is 9.61. The maximum Gasteiger partial charge on any atom is 0.0962 e. The van der Waals surface area contributed by atoms with Crippen LogP contribution in [0, 0.1) is 25.2 Å². The molecule has 1 aromatic carbocycles. The lowest BCUT2D eigenvalue weighted by Crippen LogP contribution is -1.88. The predicted octanol–water partition coefficient (Wildman–Crippen LogP) is 4.58. The van der Waals surface area contributed by atoms with Crippen molar-refractivity contribution in [1.82, 2.24) is 0 Å². The van der Waals surface area contributed by atoms with E-state index in [2.05, 4.69) is 19.9 Å². The van der Waals surface area contributed by atoms with E-state index in [1.54, 1.807) is 0 Å². The van der Waals surface area contributed by atoms with Crippen LogP contribution >= 0.6 is 11.6 Å². The first kappa shape index (κ1) is 12.8. The minimum atomic E-state index is 0.590. The molecule has 0 fully saturated rings. The van der Waals surface area contributed by atoms with Gasteiger partial charge in [0.15, 0.2) is 0 Å². The van der Waals surface area contributed by atoms with Gasteiger partial charge in [0.1, 0.15) is 0 Å². The van der Waals surface area contributed by atoms with Crippen LogP contribution in [-0.4, -0.2) is 0 Å². The van der Waals surface area contributed by atoms with Gasteiger partial charge in [-0.1, -0.05) is 43.1 Å². The van der Waals surface area contributed by atoms with Crippen LogP contribution in [0.1, 0.15) is 36.5 Å². The van der Waals surface area contributed by atoms with E-state index in [4.69, 9.17) is 16.9 Å². The molecule has 0 saturated heterocycles. The lowest BCUT2D eigenvalue weighted by molar-refractivity contribution is 0.933. The summed E-state index contributed by atoms with van der Waals surface area (Å²) < 4.78 is 0. The van der Waals surface area contributed by atoms with Gasteiger partial charge >= 0.3 is 0 Å². The molecule has 84 valence electrons. The van der Waals surface area contributed by atoms with E-state index in [9.17, 15) is 0 Å². The normalized spacial score (nSPS) is 11.9. The molecule has 2 heteroatoms. The van der Waals surface area contributed by atoms with Crippen LogP contribution in [0.15, 0.2) is 23.8 Å². The second kappa shape index (κ2) is 5.72. The standard InChI is InChI=1S/C14H16ClN/c1-4-5-13(9-16)14(15)12-7-6-10(2)11(3)8-12/h6-8H,4-5H2,1-3H3. The summed E-state index contributed by atoms with van der Waals surface area (Å²) in [6.45, 7) is 6.16. The van der Waals surface area contributed by atoms with E-state index in [0.29, 0.717) is 10.6 Å². The van der Waals surface area contributed by atoms with E-state index < -0.39 is 0 Å². The molecule has 0 aliphatic heterocycles. The van der Waals surface area contributed by atoms with Gasteiger partial charge in [0.2, 0.25) is 0 Å². The van der Waals surface area contributed by atoms with Crippen LogP contribution in [0.3, 0.4) is 0 Å². The molecule has 0 N–H and O–H groups in total. The zero-order valence-corrected chi connectivity index (χ0v) is 10.7. The number of hydrogen-bond acceptors (Lipinski definition) is 1. The third-order valence-corrected chi connectivity index (χ3v) is 3.11. The van der Waals surface area contributed by atoms with Crippen LogP contribution < -0.4 is 0 Å². The number of nitriles is 1. The Hall–Kier alpha value is -1.26. The highest BCUT2D eigenvalue weighted by atomic mass is 35.5. The Labute approximate surface area is 102 Å². The van der Waals surface area contributed by atoms with Crippen molar-refractivity contribution in [3.05, 3.63) is 40.5 Å². The topological polar surface area (TPSA) is 23.8 Å². The van der Waals surface area contributed by atoms with Gasteiger partial charge in [-0.05, 0) is 37.0 Å². The minimum absolute atomic E-state index is 0.590. The summed E-state index contributed by atoms with van der Waals surface area (Å²) in [5.41, 5.74) is 4.05. The molecule has 1 aromatic rings. The molecule has 0 aliphatic rings. The first-order chi connectivity index (χ1) is 7.60. The average Bonchev–Trinajstić information content (AvgIpc) is 2.28. The second-order valence-electron chi connectivity index (χ2n) is 3.95. The van der Waals surface area contributed by atoms with Crippen molar-refractivity contribution >= 4 is 16.6 Å². The summed E-state index contributed by atoms with van der Waals surface area (Å²) in [5.74, 6) is 0. The van der Waals surface area contributed by atoms with Crippen molar-refractivity contribution in [2.45, 2.75) is 33.6 Å². The lowest BCUT2D eigenvalue weighted by Gasteiger charge is -2.06. The van der Waals surface area contributed by atoms with Crippen LogP contribution in [0.25, 0.3) is 5.03 Å². The fourth-order valence-corrected chi connectivity index (χ4v) is 1.77. The molecule has 16 heavy (non-hydrogen) atoms. The Balaban J connectivity index is 3.17. The molecule has 0 radical (unpaired) electrons. The number of aryl methyl sites for hydroxylation is 2. The van der Waals surface area contributed by atoms with Gasteiger partial charge in [0.25, 0.3) is 0 Å².